The molecule has 6 nitrogen and oxygen atoms in total. The van der Waals surface area contributed by atoms with Crippen molar-refractivity contribution in [2.45, 2.75) is 32.0 Å². The number of alkyl halides is 3. The molecule has 0 aromatic heterocycles. The minimum atomic E-state index is -4.51. The highest BCUT2D eigenvalue weighted by atomic mass is 19.4. The number of carbonyl (C=O) groups excluding carboxylic acids is 2. The van der Waals surface area contributed by atoms with Gasteiger partial charge in [0.15, 0.2) is 0 Å². The molecule has 1 aliphatic rings. The Bertz CT molecular complexity index is 939. The summed E-state index contributed by atoms with van der Waals surface area (Å²) in [6.07, 6.45) is -3.89. The number of nitrogens with one attached hydrogen (secondary N) is 3. The summed E-state index contributed by atoms with van der Waals surface area (Å²) < 4.78 is 38.3. The van der Waals surface area contributed by atoms with Crippen LogP contribution in [0.4, 0.5) is 24.5 Å². The largest absolute Gasteiger partial charge is 0.416 e. The molecule has 9 heteroatoms. The average Bonchev–Trinajstić information content (AvgIpc) is 3.00. The van der Waals surface area contributed by atoms with Gasteiger partial charge in [0.25, 0.3) is 5.91 Å². The van der Waals surface area contributed by atoms with Crippen LogP contribution in [-0.4, -0.2) is 23.8 Å². The summed E-state index contributed by atoms with van der Waals surface area (Å²) in [5, 5.41) is 7.88. The monoisotopic (exact) mass is 404 g/mol. The number of halogens is 3. The number of hydrogen-bond acceptors (Lipinski definition) is 4. The average molecular weight is 404 g/mol. The number of guanidine groups is 1. The Morgan fingerprint density at radius 2 is 1.86 bits per heavy atom. The second-order valence-corrected chi connectivity index (χ2v) is 6.49. The molecule has 0 saturated carbocycles. The molecular formula is C20H19F3N4O2. The van der Waals surface area contributed by atoms with Crippen LogP contribution in [0.5, 0.6) is 0 Å². The fraction of sp³-hybridized carbons (Fsp3) is 0.250. The van der Waals surface area contributed by atoms with Crippen LogP contribution in [0.2, 0.25) is 0 Å². The lowest BCUT2D eigenvalue weighted by molar-refractivity contribution is -0.137. The van der Waals surface area contributed by atoms with Gasteiger partial charge in [0, 0.05) is 11.4 Å². The third-order valence-corrected chi connectivity index (χ3v) is 4.31. The molecule has 2 aromatic rings. The lowest BCUT2D eigenvalue weighted by Crippen LogP contribution is -2.33. The Balaban J connectivity index is 1.60. The number of nitrogens with zero attached hydrogens (tertiary/aromatic N) is 1. The molecule has 1 atom stereocenters. The third-order valence-electron chi connectivity index (χ3n) is 4.31. The number of aliphatic imine (C=N–C) groups is 1. The van der Waals surface area contributed by atoms with Crippen LogP contribution in [0.3, 0.4) is 0 Å². The molecule has 0 radical (unpaired) electrons. The van der Waals surface area contributed by atoms with Gasteiger partial charge in [0.05, 0.1) is 12.0 Å². The lowest BCUT2D eigenvalue weighted by atomic mass is 10.1. The van der Waals surface area contributed by atoms with E-state index in [1.807, 2.05) is 31.2 Å². The molecule has 0 fully saturated rings. The van der Waals surface area contributed by atoms with Gasteiger partial charge in [0.2, 0.25) is 11.9 Å². The quantitative estimate of drug-likeness (QED) is 0.713. The number of hydrogen-bond donors (Lipinski definition) is 3. The second-order valence-electron chi connectivity index (χ2n) is 6.49. The minimum Gasteiger partial charge on any atom is -0.326 e. The van der Waals surface area contributed by atoms with Gasteiger partial charge in [-0.1, -0.05) is 25.1 Å². The Labute approximate surface area is 165 Å². The SMILES string of the molecule is CCc1ccc(NC2=NC(CC(=O)Nc3cccc(C(F)(F)F)c3)C(=O)N2)cc1. The molecule has 1 aliphatic heterocycles. The van der Waals surface area contributed by atoms with Gasteiger partial charge in [-0.15, -0.1) is 0 Å². The molecule has 0 spiro atoms. The molecule has 1 heterocycles. The van der Waals surface area contributed by atoms with Gasteiger partial charge in [-0.05, 0) is 42.3 Å². The van der Waals surface area contributed by atoms with E-state index in [2.05, 4.69) is 20.9 Å². The van der Waals surface area contributed by atoms with Gasteiger partial charge >= 0.3 is 6.18 Å². The van der Waals surface area contributed by atoms with E-state index < -0.39 is 29.6 Å². The predicted octanol–water partition coefficient (Wildman–Crippen LogP) is 3.56. The summed E-state index contributed by atoms with van der Waals surface area (Å²) in [6.45, 7) is 2.04. The predicted molar refractivity (Wildman–Crippen MR) is 103 cm³/mol. The van der Waals surface area contributed by atoms with E-state index >= 15 is 0 Å². The fourth-order valence-electron chi connectivity index (χ4n) is 2.77. The number of anilines is 2. The fourth-order valence-corrected chi connectivity index (χ4v) is 2.77. The van der Waals surface area contributed by atoms with Gasteiger partial charge in [-0.2, -0.15) is 13.2 Å². The number of amides is 2. The molecule has 3 rings (SSSR count). The first-order valence-corrected chi connectivity index (χ1v) is 8.96. The zero-order chi connectivity index (χ0) is 21.0. The number of benzene rings is 2. The van der Waals surface area contributed by atoms with Crippen LogP contribution in [0.15, 0.2) is 53.5 Å². The van der Waals surface area contributed by atoms with E-state index in [1.54, 1.807) is 0 Å². The normalized spacial score (nSPS) is 16.2. The van der Waals surface area contributed by atoms with E-state index in [4.69, 9.17) is 0 Å². The van der Waals surface area contributed by atoms with E-state index in [0.717, 1.165) is 29.8 Å². The standard InChI is InChI=1S/C20H19F3N4O2/c1-2-12-6-8-14(9-7-12)25-19-26-16(18(29)27-19)11-17(28)24-15-5-3-4-13(10-15)20(21,22)23/h3-10,16H,2,11H2,1H3,(H,24,28)(H2,25,26,27,29). The Hall–Kier alpha value is -3.36. The van der Waals surface area contributed by atoms with Gasteiger partial charge < -0.3 is 10.6 Å². The van der Waals surface area contributed by atoms with Crippen LogP contribution < -0.4 is 16.0 Å². The van der Waals surface area contributed by atoms with Crippen LogP contribution >= 0.6 is 0 Å². The Morgan fingerprint density at radius 1 is 1.14 bits per heavy atom. The first-order chi connectivity index (χ1) is 13.7. The zero-order valence-corrected chi connectivity index (χ0v) is 15.5. The Kier molecular flexibility index (Phi) is 5.86. The van der Waals surface area contributed by atoms with Crippen LogP contribution in [0.25, 0.3) is 0 Å². The van der Waals surface area contributed by atoms with E-state index in [0.29, 0.717) is 0 Å². The number of carbonyl (C=O) groups is 2. The summed E-state index contributed by atoms with van der Waals surface area (Å²) in [5.41, 5.74) is 1.03. The summed E-state index contributed by atoms with van der Waals surface area (Å²) in [4.78, 5) is 28.4. The maximum Gasteiger partial charge on any atom is 0.416 e. The molecule has 3 N–H and O–H groups in total. The number of aryl methyl sites for hydroxylation is 1. The topological polar surface area (TPSA) is 82.6 Å². The maximum atomic E-state index is 12.8. The first-order valence-electron chi connectivity index (χ1n) is 8.96. The summed E-state index contributed by atoms with van der Waals surface area (Å²) in [5.74, 6) is -0.852. The van der Waals surface area contributed by atoms with Crippen molar-refractivity contribution in [1.29, 1.82) is 0 Å². The molecule has 152 valence electrons. The second kappa shape index (κ2) is 8.34. The van der Waals surface area contributed by atoms with Crippen molar-refractivity contribution in [3.63, 3.8) is 0 Å². The molecule has 0 bridgehead atoms. The summed E-state index contributed by atoms with van der Waals surface area (Å²) >= 11 is 0. The van der Waals surface area contributed by atoms with Gasteiger partial charge in [0.1, 0.15) is 6.04 Å². The van der Waals surface area contributed by atoms with Crippen molar-refractivity contribution in [1.82, 2.24) is 5.32 Å². The van der Waals surface area contributed by atoms with Crippen molar-refractivity contribution in [3.8, 4) is 0 Å². The first kappa shape index (κ1) is 20.4. The molecule has 29 heavy (non-hydrogen) atoms. The Morgan fingerprint density at radius 3 is 2.52 bits per heavy atom. The molecule has 1 unspecified atom stereocenters. The van der Waals surface area contributed by atoms with Crippen molar-refractivity contribution in [2.75, 3.05) is 10.6 Å². The zero-order valence-electron chi connectivity index (χ0n) is 15.5. The summed E-state index contributed by atoms with van der Waals surface area (Å²) in [7, 11) is 0. The van der Waals surface area contributed by atoms with E-state index in [9.17, 15) is 22.8 Å². The highest BCUT2D eigenvalue weighted by molar-refractivity contribution is 6.11. The van der Waals surface area contributed by atoms with Crippen molar-refractivity contribution >= 4 is 29.1 Å². The van der Waals surface area contributed by atoms with Crippen molar-refractivity contribution in [2.24, 2.45) is 4.99 Å². The molecule has 0 aliphatic carbocycles. The molecule has 0 saturated heterocycles. The smallest absolute Gasteiger partial charge is 0.326 e. The van der Waals surface area contributed by atoms with Crippen LogP contribution in [0.1, 0.15) is 24.5 Å². The van der Waals surface area contributed by atoms with Crippen molar-refractivity contribution in [3.05, 3.63) is 59.7 Å². The summed E-state index contributed by atoms with van der Waals surface area (Å²) in [6, 6.07) is 10.9. The third kappa shape index (κ3) is 5.34. The van der Waals surface area contributed by atoms with Crippen molar-refractivity contribution < 1.29 is 22.8 Å². The highest BCUT2D eigenvalue weighted by Crippen LogP contribution is 2.30. The molecule has 2 amide bonds. The minimum absolute atomic E-state index is 0.00146. The van der Waals surface area contributed by atoms with Crippen LogP contribution in [0, 0.1) is 0 Å². The molecule has 2 aromatic carbocycles. The van der Waals surface area contributed by atoms with Crippen LogP contribution in [-0.2, 0) is 22.2 Å². The lowest BCUT2D eigenvalue weighted by Gasteiger charge is -2.10. The maximum absolute atomic E-state index is 12.8. The van der Waals surface area contributed by atoms with E-state index in [-0.39, 0.29) is 18.1 Å². The van der Waals surface area contributed by atoms with E-state index in [1.165, 1.54) is 12.1 Å². The van der Waals surface area contributed by atoms with Gasteiger partial charge in [-0.25, -0.2) is 4.99 Å². The number of rotatable bonds is 5. The van der Waals surface area contributed by atoms with Gasteiger partial charge in [-0.3, -0.25) is 14.9 Å². The molecular weight excluding hydrogens is 385 g/mol. The highest BCUT2D eigenvalue weighted by Gasteiger charge is 2.31.